The summed E-state index contributed by atoms with van der Waals surface area (Å²) >= 11 is 0. The van der Waals surface area contributed by atoms with Crippen molar-refractivity contribution < 1.29 is 18.0 Å². The molecule has 0 unspecified atom stereocenters. The van der Waals surface area contributed by atoms with Crippen molar-refractivity contribution in [3.63, 3.8) is 0 Å². The number of hydrogen-bond acceptors (Lipinski definition) is 5. The second-order valence-electron chi connectivity index (χ2n) is 9.70. The highest BCUT2D eigenvalue weighted by atomic mass is 32.2. The van der Waals surface area contributed by atoms with E-state index in [4.69, 9.17) is 0 Å². The Labute approximate surface area is 210 Å². The summed E-state index contributed by atoms with van der Waals surface area (Å²) in [6, 6.07) is 14.5. The average Bonchev–Trinajstić information content (AvgIpc) is 3.25. The lowest BCUT2D eigenvalue weighted by molar-refractivity contribution is 0.0633. The fraction of sp³-hybridized carbons (Fsp3) is 0.296. The van der Waals surface area contributed by atoms with Gasteiger partial charge in [0.1, 0.15) is 0 Å². The van der Waals surface area contributed by atoms with Gasteiger partial charge in [0.15, 0.2) is 0 Å². The molecule has 1 atom stereocenters. The zero-order valence-corrected chi connectivity index (χ0v) is 21.5. The molecule has 1 amide bonds. The molecule has 1 aromatic heterocycles. The van der Waals surface area contributed by atoms with Gasteiger partial charge in [-0.25, -0.2) is 13.1 Å². The number of allylic oxidation sites excluding steroid dienone is 2. The third kappa shape index (κ3) is 4.35. The number of carbonyl (C=O) groups is 2. The number of amides is 1. The van der Waals surface area contributed by atoms with Gasteiger partial charge in [-0.15, -0.1) is 0 Å². The molecule has 0 saturated heterocycles. The van der Waals surface area contributed by atoms with Crippen molar-refractivity contribution in [1.29, 1.82) is 0 Å². The Kier molecular flexibility index (Phi) is 5.83. The summed E-state index contributed by atoms with van der Waals surface area (Å²) in [7, 11) is -3.59. The maximum absolute atomic E-state index is 14.0. The maximum atomic E-state index is 14.0. The Balaban J connectivity index is 1.60. The van der Waals surface area contributed by atoms with Crippen LogP contribution in [0.2, 0.25) is 0 Å². The number of hydrogen-bond donors (Lipinski definition) is 1. The van der Waals surface area contributed by atoms with E-state index in [1.165, 1.54) is 4.68 Å². The zero-order chi connectivity index (χ0) is 25.8. The molecule has 36 heavy (non-hydrogen) atoms. The average molecular weight is 505 g/mol. The van der Waals surface area contributed by atoms with Crippen molar-refractivity contribution in [3.8, 4) is 0 Å². The van der Waals surface area contributed by atoms with Crippen LogP contribution in [0.5, 0.6) is 0 Å². The summed E-state index contributed by atoms with van der Waals surface area (Å²) in [5.41, 5.74) is 6.65. The largest absolute Gasteiger partial charge is 0.325 e. The summed E-state index contributed by atoms with van der Waals surface area (Å²) in [5.74, 6) is -0.445. The predicted octanol–water partition coefficient (Wildman–Crippen LogP) is 4.04. The van der Waals surface area contributed by atoms with E-state index in [1.54, 1.807) is 23.1 Å². The van der Waals surface area contributed by atoms with Gasteiger partial charge in [0.05, 0.1) is 34.9 Å². The van der Waals surface area contributed by atoms with Crippen LogP contribution in [0.1, 0.15) is 63.1 Å². The number of aryl methyl sites for hydroxylation is 1. The summed E-state index contributed by atoms with van der Waals surface area (Å²) in [4.78, 5) is 28.6. The first-order valence-corrected chi connectivity index (χ1v) is 13.7. The number of sulfonamides is 1. The van der Waals surface area contributed by atoms with Gasteiger partial charge in [-0.1, -0.05) is 41.5 Å². The highest BCUT2D eigenvalue weighted by Crippen LogP contribution is 2.36. The first-order chi connectivity index (χ1) is 17.0. The molecule has 0 fully saturated rings. The molecule has 9 heteroatoms. The van der Waals surface area contributed by atoms with Gasteiger partial charge in [-0.2, -0.15) is 5.10 Å². The van der Waals surface area contributed by atoms with Gasteiger partial charge >= 0.3 is 0 Å². The molecular formula is C27H28N4O4S. The number of rotatable bonds is 4. The molecule has 3 heterocycles. The molecule has 0 saturated carbocycles. The minimum Gasteiger partial charge on any atom is -0.325 e. The highest BCUT2D eigenvalue weighted by molar-refractivity contribution is 7.92. The molecule has 5 rings (SSSR count). The third-order valence-corrected chi connectivity index (χ3v) is 7.54. The molecule has 2 aliphatic heterocycles. The molecule has 1 N–H and O–H groups in total. The highest BCUT2D eigenvalue weighted by Gasteiger charge is 2.35. The van der Waals surface area contributed by atoms with Crippen LogP contribution in [0.4, 0.5) is 5.69 Å². The van der Waals surface area contributed by atoms with Gasteiger partial charge in [0, 0.05) is 18.5 Å². The second-order valence-corrected chi connectivity index (χ2v) is 11.5. The van der Waals surface area contributed by atoms with Crippen molar-refractivity contribution in [2.24, 2.45) is 0 Å². The molecule has 3 aromatic rings. The van der Waals surface area contributed by atoms with Crippen LogP contribution in [-0.4, -0.2) is 41.2 Å². The van der Waals surface area contributed by atoms with Crippen molar-refractivity contribution in [2.45, 2.75) is 46.2 Å². The molecule has 0 aliphatic carbocycles. The standard InChI is InChI=1S/C27H28N4O4S/c1-16-9-10-23(29-36(4,34)35)22(11-16)27(33)30-15-20-8-6-5-7-19(20)13-25(30)24-14-21-12-17(2)18(3)26(32)31(21)28-24/h5-11,14,25,29H,12-13,15H2,1-4H3/t25-/m0/s1. The van der Waals surface area contributed by atoms with Crippen molar-refractivity contribution >= 4 is 27.5 Å². The summed E-state index contributed by atoms with van der Waals surface area (Å²) in [5, 5.41) is 4.67. The van der Waals surface area contributed by atoms with Crippen LogP contribution < -0.4 is 4.72 Å². The SMILES string of the molecule is CC1=C(C)C(=O)n2nc([C@@H]3Cc4ccccc4CN3C(=O)c3cc(C)ccc3NS(C)(=O)=O)cc2C1. The molecular weight excluding hydrogens is 476 g/mol. The Hall–Kier alpha value is -3.72. The summed E-state index contributed by atoms with van der Waals surface area (Å²) in [6.07, 6.45) is 2.23. The first kappa shape index (κ1) is 24.0. The van der Waals surface area contributed by atoms with Crippen LogP contribution in [0.15, 0.2) is 59.7 Å². The van der Waals surface area contributed by atoms with E-state index in [0.717, 1.165) is 34.2 Å². The quantitative estimate of drug-likeness (QED) is 0.578. The molecule has 2 aromatic carbocycles. The molecule has 8 nitrogen and oxygen atoms in total. The minimum absolute atomic E-state index is 0.146. The van der Waals surface area contributed by atoms with E-state index in [1.807, 2.05) is 51.1 Å². The van der Waals surface area contributed by atoms with Gasteiger partial charge in [-0.05, 0) is 56.5 Å². The van der Waals surface area contributed by atoms with Crippen LogP contribution in [0.3, 0.4) is 0 Å². The van der Waals surface area contributed by atoms with Crippen LogP contribution in [0.25, 0.3) is 0 Å². The van der Waals surface area contributed by atoms with E-state index in [-0.39, 0.29) is 23.1 Å². The topological polar surface area (TPSA) is 101 Å². The molecule has 0 spiro atoms. The fourth-order valence-corrected chi connectivity index (χ4v) is 5.51. The molecule has 2 aliphatic rings. The van der Waals surface area contributed by atoms with Gasteiger partial charge in [0.25, 0.3) is 11.8 Å². The Morgan fingerprint density at radius 2 is 1.78 bits per heavy atom. The number of anilines is 1. The smallest absolute Gasteiger partial charge is 0.274 e. The van der Waals surface area contributed by atoms with Gasteiger partial charge in [0.2, 0.25) is 10.0 Å². The van der Waals surface area contributed by atoms with Crippen LogP contribution in [-0.2, 0) is 29.4 Å². The Morgan fingerprint density at radius 3 is 2.50 bits per heavy atom. The van der Waals surface area contributed by atoms with Crippen molar-refractivity contribution in [1.82, 2.24) is 14.7 Å². The number of fused-ring (bicyclic) bond motifs is 2. The lowest BCUT2D eigenvalue weighted by Gasteiger charge is -2.36. The number of carbonyl (C=O) groups excluding carboxylic acids is 2. The van der Waals surface area contributed by atoms with Crippen molar-refractivity contribution in [2.75, 3.05) is 11.0 Å². The van der Waals surface area contributed by atoms with E-state index in [0.29, 0.717) is 30.7 Å². The van der Waals surface area contributed by atoms with Crippen molar-refractivity contribution in [3.05, 3.63) is 93.3 Å². The third-order valence-electron chi connectivity index (χ3n) is 6.95. The monoisotopic (exact) mass is 504 g/mol. The number of benzene rings is 2. The molecule has 0 radical (unpaired) electrons. The van der Waals surface area contributed by atoms with Crippen LogP contribution in [0, 0.1) is 6.92 Å². The van der Waals surface area contributed by atoms with E-state index in [2.05, 4.69) is 9.82 Å². The predicted molar refractivity (Wildman–Crippen MR) is 137 cm³/mol. The lowest BCUT2D eigenvalue weighted by atomic mass is 9.91. The van der Waals surface area contributed by atoms with Gasteiger partial charge < -0.3 is 4.90 Å². The minimum atomic E-state index is -3.59. The molecule has 0 bridgehead atoms. The van der Waals surface area contributed by atoms with Gasteiger partial charge in [-0.3, -0.25) is 14.3 Å². The number of aromatic nitrogens is 2. The normalized spacial score (nSPS) is 17.6. The Morgan fingerprint density at radius 1 is 1.06 bits per heavy atom. The second kappa shape index (κ2) is 8.74. The number of nitrogens with one attached hydrogen (secondary N) is 1. The fourth-order valence-electron chi connectivity index (χ4n) is 4.93. The van der Waals surface area contributed by atoms with E-state index < -0.39 is 16.1 Å². The first-order valence-electron chi connectivity index (χ1n) is 11.8. The maximum Gasteiger partial charge on any atom is 0.274 e. The number of nitrogens with zero attached hydrogens (tertiary/aromatic N) is 3. The van der Waals surface area contributed by atoms with E-state index in [9.17, 15) is 18.0 Å². The zero-order valence-electron chi connectivity index (χ0n) is 20.7. The lowest BCUT2D eigenvalue weighted by Crippen LogP contribution is -2.39. The molecule has 186 valence electrons. The Bertz CT molecular complexity index is 1550. The van der Waals surface area contributed by atoms with Crippen LogP contribution >= 0.6 is 0 Å². The van der Waals surface area contributed by atoms with E-state index >= 15 is 0 Å². The summed E-state index contributed by atoms with van der Waals surface area (Å²) < 4.78 is 27.9. The summed E-state index contributed by atoms with van der Waals surface area (Å²) in [6.45, 7) is 5.96.